The van der Waals surface area contributed by atoms with E-state index in [0.717, 1.165) is 11.1 Å². The van der Waals surface area contributed by atoms with E-state index >= 15 is 0 Å². The summed E-state index contributed by atoms with van der Waals surface area (Å²) in [6, 6.07) is 8.53. The van der Waals surface area contributed by atoms with Crippen LogP contribution in [-0.4, -0.2) is 60.1 Å². The van der Waals surface area contributed by atoms with Crippen LogP contribution in [-0.2, 0) is 39.8 Å². The second-order valence-electron chi connectivity index (χ2n) is 10.2. The number of esters is 3. The molecule has 0 fully saturated rings. The third-order valence-corrected chi connectivity index (χ3v) is 7.03. The normalized spacial score (nSPS) is 31.6. The molecule has 38 heavy (non-hydrogen) atoms. The highest BCUT2D eigenvalue weighted by atomic mass is 16.6. The van der Waals surface area contributed by atoms with Gasteiger partial charge in [-0.15, -0.1) is 0 Å². The summed E-state index contributed by atoms with van der Waals surface area (Å²) >= 11 is 0. The van der Waals surface area contributed by atoms with Gasteiger partial charge < -0.3 is 19.1 Å². The zero-order chi connectivity index (χ0) is 28.6. The minimum absolute atomic E-state index is 0.271. The molecular formula is C30H41NO7. The minimum atomic E-state index is -0.877. The molecule has 2 rings (SSSR count). The fourth-order valence-corrected chi connectivity index (χ4v) is 4.74. The maximum atomic E-state index is 13.5. The lowest BCUT2D eigenvalue weighted by atomic mass is 9.86. The Hall–Kier alpha value is -3.42. The molecule has 1 aromatic carbocycles. The smallest absolute Gasteiger partial charge is 0.329 e. The number of cyclic esters (lactones) is 1. The van der Waals surface area contributed by atoms with Crippen molar-refractivity contribution in [2.75, 3.05) is 7.05 Å². The van der Waals surface area contributed by atoms with Gasteiger partial charge in [-0.25, -0.2) is 4.79 Å². The Morgan fingerprint density at radius 2 is 1.55 bits per heavy atom. The standard InChI is InChI=1S/C30H41NO7/c1-18-14-15-27(34)31(8)26(17-25-12-10-9-11-13-25)30(35)36-22(5)21(4)29(38-24(7)33)20(3)16-19(2)28(18)37-23(6)32/h9-16,18,20-22,26,28-29H,17H2,1-8H3/b15-14-,19-16-/t18-,20+,21+,22+,26+,28+,29-/m1/s1. The van der Waals surface area contributed by atoms with Gasteiger partial charge in [0.15, 0.2) is 0 Å². The van der Waals surface area contributed by atoms with Crippen molar-refractivity contribution in [3.8, 4) is 0 Å². The van der Waals surface area contributed by atoms with Crippen LogP contribution in [0.25, 0.3) is 0 Å². The number of hydrogen-bond donors (Lipinski definition) is 0. The molecule has 1 heterocycles. The largest absolute Gasteiger partial charge is 0.462 e. The van der Waals surface area contributed by atoms with Gasteiger partial charge >= 0.3 is 17.9 Å². The van der Waals surface area contributed by atoms with Crippen LogP contribution < -0.4 is 0 Å². The van der Waals surface area contributed by atoms with Crippen molar-refractivity contribution in [3.05, 3.63) is 59.7 Å². The summed E-state index contributed by atoms with van der Waals surface area (Å²) in [6.07, 6.45) is 3.40. The predicted molar refractivity (Wildman–Crippen MR) is 144 cm³/mol. The summed E-state index contributed by atoms with van der Waals surface area (Å²) in [6.45, 7) is 11.9. The second kappa shape index (κ2) is 13.9. The summed E-state index contributed by atoms with van der Waals surface area (Å²) in [4.78, 5) is 51.9. The van der Waals surface area contributed by atoms with Gasteiger partial charge in [0.2, 0.25) is 5.91 Å². The molecule has 8 nitrogen and oxygen atoms in total. The van der Waals surface area contributed by atoms with Gasteiger partial charge in [-0.1, -0.05) is 63.3 Å². The van der Waals surface area contributed by atoms with Gasteiger partial charge in [0.05, 0.1) is 0 Å². The summed E-state index contributed by atoms with van der Waals surface area (Å²) in [5.41, 5.74) is 1.64. The molecule has 0 aromatic heterocycles. The van der Waals surface area contributed by atoms with Crippen LogP contribution in [0.15, 0.2) is 54.1 Å². The summed E-state index contributed by atoms with van der Waals surface area (Å²) in [7, 11) is 1.57. The zero-order valence-corrected chi connectivity index (χ0v) is 23.7. The van der Waals surface area contributed by atoms with Crippen molar-refractivity contribution in [1.29, 1.82) is 0 Å². The molecule has 1 aromatic rings. The number of amides is 1. The van der Waals surface area contributed by atoms with Gasteiger partial charge in [-0.3, -0.25) is 14.4 Å². The third kappa shape index (κ3) is 8.57. The lowest BCUT2D eigenvalue weighted by molar-refractivity contribution is -0.165. The molecule has 0 saturated carbocycles. The highest BCUT2D eigenvalue weighted by Crippen LogP contribution is 2.28. The average molecular weight is 528 g/mol. The summed E-state index contributed by atoms with van der Waals surface area (Å²) in [5, 5.41) is 0. The van der Waals surface area contributed by atoms with E-state index in [1.807, 2.05) is 64.1 Å². The number of hydrogen-bond acceptors (Lipinski definition) is 7. The number of likely N-dealkylation sites (N-methyl/N-ethyl adjacent to an activating group) is 1. The molecule has 8 heteroatoms. The Morgan fingerprint density at radius 3 is 2.13 bits per heavy atom. The van der Waals surface area contributed by atoms with Crippen molar-refractivity contribution >= 4 is 23.8 Å². The maximum absolute atomic E-state index is 13.5. The molecule has 1 aliphatic heterocycles. The number of nitrogens with zero attached hydrogens (tertiary/aromatic N) is 1. The number of carbonyl (C=O) groups excluding carboxylic acids is 4. The van der Waals surface area contributed by atoms with Crippen molar-refractivity contribution in [2.45, 2.75) is 79.2 Å². The number of benzene rings is 1. The zero-order valence-electron chi connectivity index (χ0n) is 23.7. The first-order valence-electron chi connectivity index (χ1n) is 13.0. The lowest BCUT2D eigenvalue weighted by Crippen LogP contribution is -2.46. The molecule has 1 aliphatic rings. The van der Waals surface area contributed by atoms with Crippen molar-refractivity contribution in [1.82, 2.24) is 4.90 Å². The SMILES string of the molecule is CC(=O)O[C@H]1[C@@H](C)[C@H](C)OC(=O)[C@H](Cc2ccccc2)N(C)C(=O)/C=C\[C@@H](C)[C@H](OC(C)=O)/C(C)=C\[C@@H]1C. The molecule has 0 N–H and O–H groups in total. The predicted octanol–water partition coefficient (Wildman–Crippen LogP) is 4.28. The van der Waals surface area contributed by atoms with E-state index in [0.29, 0.717) is 0 Å². The first-order chi connectivity index (χ1) is 17.8. The molecule has 0 spiro atoms. The van der Waals surface area contributed by atoms with Gasteiger partial charge in [-0.05, 0) is 31.1 Å². The summed E-state index contributed by atoms with van der Waals surface area (Å²) in [5.74, 6) is -2.80. The summed E-state index contributed by atoms with van der Waals surface area (Å²) < 4.78 is 17.2. The Kier molecular flexibility index (Phi) is 11.3. The lowest BCUT2D eigenvalue weighted by Gasteiger charge is -2.33. The molecular weight excluding hydrogens is 486 g/mol. The van der Waals surface area contributed by atoms with Crippen LogP contribution in [0.1, 0.15) is 54.0 Å². The van der Waals surface area contributed by atoms with Crippen LogP contribution in [0.5, 0.6) is 0 Å². The van der Waals surface area contributed by atoms with Gasteiger partial charge in [0.1, 0.15) is 24.4 Å². The van der Waals surface area contributed by atoms with E-state index in [9.17, 15) is 19.2 Å². The van der Waals surface area contributed by atoms with E-state index in [-0.39, 0.29) is 30.1 Å². The van der Waals surface area contributed by atoms with Crippen LogP contribution >= 0.6 is 0 Å². The fraction of sp³-hybridized carbons (Fsp3) is 0.533. The van der Waals surface area contributed by atoms with Crippen molar-refractivity contribution < 1.29 is 33.4 Å². The van der Waals surface area contributed by atoms with E-state index in [4.69, 9.17) is 14.2 Å². The maximum Gasteiger partial charge on any atom is 0.329 e. The highest BCUT2D eigenvalue weighted by molar-refractivity contribution is 5.91. The molecule has 208 valence electrons. The van der Waals surface area contributed by atoms with Gasteiger partial charge in [0, 0.05) is 45.1 Å². The monoisotopic (exact) mass is 527 g/mol. The molecule has 0 aliphatic carbocycles. The van der Waals surface area contributed by atoms with Crippen LogP contribution in [0.2, 0.25) is 0 Å². The second-order valence-corrected chi connectivity index (χ2v) is 10.2. The van der Waals surface area contributed by atoms with Gasteiger partial charge in [0.25, 0.3) is 0 Å². The fourth-order valence-electron chi connectivity index (χ4n) is 4.74. The van der Waals surface area contributed by atoms with Gasteiger partial charge in [-0.2, -0.15) is 0 Å². The van der Waals surface area contributed by atoms with E-state index in [1.165, 1.54) is 24.8 Å². The Morgan fingerprint density at radius 1 is 0.947 bits per heavy atom. The highest BCUT2D eigenvalue weighted by Gasteiger charge is 2.35. The molecule has 0 bridgehead atoms. The van der Waals surface area contributed by atoms with E-state index in [1.54, 1.807) is 20.0 Å². The molecule has 1 amide bonds. The van der Waals surface area contributed by atoms with Crippen LogP contribution in [0, 0.1) is 17.8 Å². The van der Waals surface area contributed by atoms with Crippen LogP contribution in [0.3, 0.4) is 0 Å². The average Bonchev–Trinajstić information content (AvgIpc) is 2.86. The quantitative estimate of drug-likeness (QED) is 0.327. The number of carbonyl (C=O) groups is 4. The Bertz CT molecular complexity index is 1050. The van der Waals surface area contributed by atoms with Crippen molar-refractivity contribution in [3.63, 3.8) is 0 Å². The molecule has 0 radical (unpaired) electrons. The third-order valence-electron chi connectivity index (χ3n) is 7.03. The number of ether oxygens (including phenoxy) is 3. The first kappa shape index (κ1) is 30.8. The van der Waals surface area contributed by atoms with E-state index < -0.39 is 42.3 Å². The number of rotatable bonds is 4. The van der Waals surface area contributed by atoms with Crippen molar-refractivity contribution in [2.24, 2.45) is 17.8 Å². The Balaban J connectivity index is 2.57. The first-order valence-corrected chi connectivity index (χ1v) is 13.0. The molecule has 0 unspecified atom stereocenters. The molecule has 0 saturated heterocycles. The Labute approximate surface area is 226 Å². The topological polar surface area (TPSA) is 99.2 Å². The minimum Gasteiger partial charge on any atom is -0.462 e. The van der Waals surface area contributed by atoms with E-state index in [2.05, 4.69) is 0 Å². The van der Waals surface area contributed by atoms with Crippen LogP contribution in [0.4, 0.5) is 0 Å². The molecule has 7 atom stereocenters.